The number of carboxylic acids is 1. The zero-order chi connectivity index (χ0) is 22.0. The Morgan fingerprint density at radius 2 is 1.68 bits per heavy atom. The van der Waals surface area contributed by atoms with Crippen LogP contribution < -0.4 is 5.32 Å². The standard InChI is InChI=1S/C23H16N2O5S/c1-13(26)14-6-8-17(9-7-14)24-23-25-21(27)20(31-23)12-18-10-11-19(30-18)15-2-4-16(5-3-15)22(28)29/h2-12H,1H3,(H,28,29)(H,24,25,27). The first-order valence-corrected chi connectivity index (χ1v) is 10.0. The molecule has 8 heteroatoms. The molecule has 0 radical (unpaired) electrons. The van der Waals surface area contributed by atoms with Gasteiger partial charge in [0.15, 0.2) is 11.0 Å². The summed E-state index contributed by atoms with van der Waals surface area (Å²) < 4.78 is 5.78. The quantitative estimate of drug-likeness (QED) is 0.445. The molecule has 4 rings (SSSR count). The van der Waals surface area contributed by atoms with E-state index in [0.29, 0.717) is 32.8 Å². The molecular weight excluding hydrogens is 416 g/mol. The van der Waals surface area contributed by atoms with E-state index in [9.17, 15) is 14.4 Å². The van der Waals surface area contributed by atoms with Crippen molar-refractivity contribution in [3.8, 4) is 11.3 Å². The number of furan rings is 1. The van der Waals surface area contributed by atoms with E-state index in [4.69, 9.17) is 9.52 Å². The van der Waals surface area contributed by atoms with E-state index < -0.39 is 5.97 Å². The first-order chi connectivity index (χ1) is 14.9. The topological polar surface area (TPSA) is 109 Å². The van der Waals surface area contributed by atoms with Crippen LogP contribution in [0, 0.1) is 0 Å². The Balaban J connectivity index is 1.50. The van der Waals surface area contributed by atoms with Crippen molar-refractivity contribution in [2.24, 2.45) is 4.99 Å². The van der Waals surface area contributed by atoms with Crippen LogP contribution in [0.4, 0.5) is 5.69 Å². The van der Waals surface area contributed by atoms with E-state index in [2.05, 4.69) is 10.3 Å². The van der Waals surface area contributed by atoms with Crippen molar-refractivity contribution >= 4 is 46.4 Å². The molecule has 1 aliphatic heterocycles. The summed E-state index contributed by atoms with van der Waals surface area (Å²) in [5, 5.41) is 12.1. The number of aromatic carboxylic acids is 1. The smallest absolute Gasteiger partial charge is 0.335 e. The Hall–Kier alpha value is -3.91. The summed E-state index contributed by atoms with van der Waals surface area (Å²) >= 11 is 1.19. The van der Waals surface area contributed by atoms with Gasteiger partial charge in [0.1, 0.15) is 11.5 Å². The molecule has 7 nitrogen and oxygen atoms in total. The molecule has 2 N–H and O–H groups in total. The predicted octanol–water partition coefficient (Wildman–Crippen LogP) is 4.74. The van der Waals surface area contributed by atoms with Crippen LogP contribution in [0.3, 0.4) is 0 Å². The fraction of sp³-hybridized carbons (Fsp3) is 0.0435. The zero-order valence-electron chi connectivity index (χ0n) is 16.3. The normalized spacial score (nSPS) is 16.0. The summed E-state index contributed by atoms with van der Waals surface area (Å²) in [4.78, 5) is 39.4. The zero-order valence-corrected chi connectivity index (χ0v) is 17.1. The Morgan fingerprint density at radius 1 is 1.00 bits per heavy atom. The van der Waals surface area contributed by atoms with E-state index in [-0.39, 0.29) is 17.3 Å². The van der Waals surface area contributed by atoms with Gasteiger partial charge in [0.2, 0.25) is 0 Å². The first-order valence-electron chi connectivity index (χ1n) is 9.23. The lowest BCUT2D eigenvalue weighted by atomic mass is 10.1. The summed E-state index contributed by atoms with van der Waals surface area (Å²) in [7, 11) is 0. The molecule has 0 atom stereocenters. The summed E-state index contributed by atoms with van der Waals surface area (Å²) in [5.41, 5.74) is 2.15. The van der Waals surface area contributed by atoms with Crippen LogP contribution in [-0.2, 0) is 4.79 Å². The number of aliphatic imine (C=N–C) groups is 1. The molecule has 3 aromatic rings. The number of nitrogens with one attached hydrogen (secondary N) is 1. The van der Waals surface area contributed by atoms with Crippen LogP contribution >= 0.6 is 11.8 Å². The van der Waals surface area contributed by atoms with Crippen LogP contribution in [0.5, 0.6) is 0 Å². The van der Waals surface area contributed by atoms with Gasteiger partial charge in [-0.1, -0.05) is 12.1 Å². The number of thioether (sulfide) groups is 1. The lowest BCUT2D eigenvalue weighted by molar-refractivity contribution is -0.115. The van der Waals surface area contributed by atoms with Gasteiger partial charge in [-0.15, -0.1) is 0 Å². The molecule has 154 valence electrons. The molecule has 2 aromatic carbocycles. The van der Waals surface area contributed by atoms with Gasteiger partial charge < -0.3 is 14.8 Å². The van der Waals surface area contributed by atoms with Gasteiger partial charge in [0.25, 0.3) is 5.91 Å². The molecule has 1 fully saturated rings. The maximum absolute atomic E-state index is 12.3. The van der Waals surface area contributed by atoms with Gasteiger partial charge in [-0.05, 0) is 67.2 Å². The van der Waals surface area contributed by atoms with Crippen molar-refractivity contribution in [3.63, 3.8) is 0 Å². The molecule has 0 unspecified atom stereocenters. The highest BCUT2D eigenvalue weighted by atomic mass is 32.2. The minimum Gasteiger partial charge on any atom is -0.478 e. The molecule has 0 spiro atoms. The molecule has 31 heavy (non-hydrogen) atoms. The van der Waals surface area contributed by atoms with Gasteiger partial charge >= 0.3 is 5.97 Å². The van der Waals surface area contributed by atoms with Gasteiger partial charge in [0, 0.05) is 17.2 Å². The van der Waals surface area contributed by atoms with Gasteiger partial charge in [-0.3, -0.25) is 9.59 Å². The highest BCUT2D eigenvalue weighted by Crippen LogP contribution is 2.30. The number of carbonyl (C=O) groups is 3. The molecule has 0 bridgehead atoms. The number of amidine groups is 1. The van der Waals surface area contributed by atoms with Crippen LogP contribution in [0.25, 0.3) is 17.4 Å². The van der Waals surface area contributed by atoms with Crippen LogP contribution in [0.15, 0.2) is 75.0 Å². The number of nitrogens with zero attached hydrogens (tertiary/aromatic N) is 1. The van der Waals surface area contributed by atoms with Crippen molar-refractivity contribution in [3.05, 3.63) is 82.5 Å². The number of ketones is 1. The number of rotatable bonds is 5. The third kappa shape index (κ3) is 4.65. The second kappa shape index (κ2) is 8.45. The van der Waals surface area contributed by atoms with Gasteiger partial charge in [-0.25, -0.2) is 9.79 Å². The maximum atomic E-state index is 12.3. The van der Waals surface area contributed by atoms with Crippen LogP contribution in [-0.4, -0.2) is 27.9 Å². The van der Waals surface area contributed by atoms with E-state index in [1.807, 2.05) is 0 Å². The molecule has 1 saturated heterocycles. The monoisotopic (exact) mass is 432 g/mol. The molecular formula is C23H16N2O5S. The van der Waals surface area contributed by atoms with Crippen LogP contribution in [0.1, 0.15) is 33.4 Å². The number of Topliss-reactive ketones (excluding diaryl/α,β-unsaturated/α-hetero) is 1. The number of hydrogen-bond acceptors (Lipinski definition) is 6. The second-order valence-electron chi connectivity index (χ2n) is 6.67. The predicted molar refractivity (Wildman–Crippen MR) is 118 cm³/mol. The van der Waals surface area contributed by atoms with Crippen molar-refractivity contribution in [2.45, 2.75) is 6.92 Å². The van der Waals surface area contributed by atoms with E-state index >= 15 is 0 Å². The number of carbonyl (C=O) groups excluding carboxylic acids is 2. The number of amides is 1. The van der Waals surface area contributed by atoms with Crippen molar-refractivity contribution in [2.75, 3.05) is 0 Å². The minimum atomic E-state index is -0.993. The number of carboxylic acid groups (broad SMARTS) is 1. The highest BCUT2D eigenvalue weighted by Gasteiger charge is 2.24. The van der Waals surface area contributed by atoms with Gasteiger partial charge in [-0.2, -0.15) is 0 Å². The number of benzene rings is 2. The summed E-state index contributed by atoms with van der Waals surface area (Å²) in [6.07, 6.45) is 1.62. The van der Waals surface area contributed by atoms with E-state index in [1.54, 1.807) is 54.6 Å². The largest absolute Gasteiger partial charge is 0.478 e. The second-order valence-corrected chi connectivity index (χ2v) is 7.70. The lowest BCUT2D eigenvalue weighted by Gasteiger charge is -1.98. The summed E-state index contributed by atoms with van der Waals surface area (Å²) in [6, 6.07) is 16.6. The van der Waals surface area contributed by atoms with E-state index in [1.165, 1.54) is 30.8 Å². The molecule has 2 heterocycles. The Bertz CT molecular complexity index is 1240. The third-order valence-corrected chi connectivity index (χ3v) is 5.38. The first kappa shape index (κ1) is 20.4. The average molecular weight is 432 g/mol. The summed E-state index contributed by atoms with van der Waals surface area (Å²) in [5.74, 6) is -0.252. The SMILES string of the molecule is CC(=O)c1ccc(N=C2NC(=O)C(=Cc3ccc(-c4ccc(C(=O)O)cc4)o3)S2)cc1. The maximum Gasteiger partial charge on any atom is 0.335 e. The minimum absolute atomic E-state index is 0.0244. The fourth-order valence-electron chi connectivity index (χ4n) is 2.86. The summed E-state index contributed by atoms with van der Waals surface area (Å²) in [6.45, 7) is 1.50. The molecule has 1 aromatic heterocycles. The van der Waals surface area contributed by atoms with Crippen molar-refractivity contribution < 1.29 is 23.9 Å². The fourth-order valence-corrected chi connectivity index (χ4v) is 3.68. The Kier molecular flexibility index (Phi) is 5.55. The lowest BCUT2D eigenvalue weighted by Crippen LogP contribution is -2.19. The third-order valence-electron chi connectivity index (χ3n) is 4.47. The Morgan fingerprint density at radius 3 is 2.32 bits per heavy atom. The molecule has 0 saturated carbocycles. The molecule has 1 amide bonds. The molecule has 0 aliphatic carbocycles. The Labute approximate surface area is 181 Å². The van der Waals surface area contributed by atoms with Gasteiger partial charge in [0.05, 0.1) is 16.2 Å². The van der Waals surface area contributed by atoms with Crippen molar-refractivity contribution in [1.29, 1.82) is 0 Å². The average Bonchev–Trinajstić information content (AvgIpc) is 3.35. The number of hydrogen-bond donors (Lipinski definition) is 2. The van der Waals surface area contributed by atoms with E-state index in [0.717, 1.165) is 5.56 Å². The highest BCUT2D eigenvalue weighted by molar-refractivity contribution is 8.18. The molecule has 1 aliphatic rings. The van der Waals surface area contributed by atoms with Crippen LogP contribution in [0.2, 0.25) is 0 Å². The van der Waals surface area contributed by atoms with Crippen molar-refractivity contribution in [1.82, 2.24) is 5.32 Å².